The van der Waals surface area contributed by atoms with Crippen LogP contribution in [0.15, 0.2) is 12.1 Å². The number of esters is 1. The Morgan fingerprint density at radius 2 is 1.72 bits per heavy atom. The largest absolute Gasteiger partial charge is 0.493 e. The quantitative estimate of drug-likeness (QED) is 0.805. The number of benzene rings is 1. The topological polar surface area (TPSA) is 56.8 Å². The molecule has 5 heteroatoms. The number of carbonyl (C=O) groups is 1. The smallest absolute Gasteiger partial charge is 0.327 e. The van der Waals surface area contributed by atoms with E-state index in [0.717, 1.165) is 11.1 Å². The zero-order chi connectivity index (χ0) is 13.7. The maximum absolute atomic E-state index is 11.7. The monoisotopic (exact) mass is 253 g/mol. The number of hydrogen-bond acceptors (Lipinski definition) is 5. The lowest BCUT2D eigenvalue weighted by Crippen LogP contribution is -2.27. The molecule has 100 valence electrons. The first-order valence-corrected chi connectivity index (χ1v) is 5.56. The summed E-state index contributed by atoms with van der Waals surface area (Å²) in [5.74, 6) is 0.883. The summed E-state index contributed by atoms with van der Waals surface area (Å²) >= 11 is 0. The van der Waals surface area contributed by atoms with E-state index >= 15 is 0 Å². The molecule has 0 aliphatic rings. The second-order valence-electron chi connectivity index (χ2n) is 3.81. The van der Waals surface area contributed by atoms with E-state index in [1.807, 2.05) is 13.0 Å². The molecule has 1 atom stereocenters. The highest BCUT2D eigenvalue weighted by molar-refractivity contribution is 5.78. The van der Waals surface area contributed by atoms with Crippen molar-refractivity contribution >= 4 is 5.97 Å². The van der Waals surface area contributed by atoms with Crippen LogP contribution < -0.4 is 14.8 Å². The average Bonchev–Trinajstić information content (AvgIpc) is 2.40. The van der Waals surface area contributed by atoms with Crippen molar-refractivity contribution in [3.8, 4) is 11.5 Å². The fourth-order valence-corrected chi connectivity index (χ4v) is 1.83. The van der Waals surface area contributed by atoms with Gasteiger partial charge in [0.1, 0.15) is 6.04 Å². The summed E-state index contributed by atoms with van der Waals surface area (Å²) in [4.78, 5) is 11.7. The summed E-state index contributed by atoms with van der Waals surface area (Å²) < 4.78 is 15.2. The van der Waals surface area contributed by atoms with Crippen LogP contribution in [-0.2, 0) is 9.53 Å². The van der Waals surface area contributed by atoms with Crippen molar-refractivity contribution in [1.29, 1.82) is 0 Å². The molecule has 0 aliphatic carbocycles. The van der Waals surface area contributed by atoms with Crippen molar-refractivity contribution in [1.82, 2.24) is 5.32 Å². The SMILES string of the molecule is CNC(C(=O)OC)c1cc(OC)c(OC)cc1C. The third-order valence-corrected chi connectivity index (χ3v) is 2.81. The standard InChI is InChI=1S/C13H19NO4/c1-8-6-10(16-3)11(17-4)7-9(8)12(14-2)13(15)18-5/h6-7,12,14H,1-5H3. The Morgan fingerprint density at radius 1 is 1.17 bits per heavy atom. The van der Waals surface area contributed by atoms with Crippen LogP contribution in [0.3, 0.4) is 0 Å². The molecule has 1 aromatic carbocycles. The van der Waals surface area contributed by atoms with Crippen LogP contribution in [0, 0.1) is 6.92 Å². The fraction of sp³-hybridized carbons (Fsp3) is 0.462. The van der Waals surface area contributed by atoms with E-state index in [9.17, 15) is 4.79 Å². The number of aryl methyl sites for hydroxylation is 1. The Kier molecular flexibility index (Phi) is 4.97. The summed E-state index contributed by atoms with van der Waals surface area (Å²) in [6, 6.07) is 3.10. The summed E-state index contributed by atoms with van der Waals surface area (Å²) in [6.07, 6.45) is 0. The van der Waals surface area contributed by atoms with E-state index in [-0.39, 0.29) is 5.97 Å². The minimum atomic E-state index is -0.519. The van der Waals surface area contributed by atoms with Crippen molar-refractivity contribution in [2.75, 3.05) is 28.4 Å². The molecule has 1 unspecified atom stereocenters. The summed E-state index contributed by atoms with van der Waals surface area (Å²) in [6.45, 7) is 1.91. The molecule has 0 aromatic heterocycles. The van der Waals surface area contributed by atoms with Gasteiger partial charge in [0, 0.05) is 0 Å². The van der Waals surface area contributed by atoms with E-state index in [1.165, 1.54) is 7.11 Å². The summed E-state index contributed by atoms with van der Waals surface area (Å²) in [7, 11) is 6.21. The molecule has 0 saturated carbocycles. The van der Waals surface area contributed by atoms with Gasteiger partial charge in [0.05, 0.1) is 21.3 Å². The Balaban J connectivity index is 3.26. The van der Waals surface area contributed by atoms with Gasteiger partial charge in [0.2, 0.25) is 0 Å². The fourth-order valence-electron chi connectivity index (χ4n) is 1.83. The Labute approximate surface area is 107 Å². The third kappa shape index (κ3) is 2.73. The maximum atomic E-state index is 11.7. The van der Waals surface area contributed by atoms with Crippen LogP contribution in [0.5, 0.6) is 11.5 Å². The number of rotatable bonds is 5. The number of methoxy groups -OCH3 is 3. The first kappa shape index (κ1) is 14.3. The molecule has 5 nitrogen and oxygen atoms in total. The van der Waals surface area contributed by atoms with Gasteiger partial charge in [0.15, 0.2) is 11.5 Å². The molecule has 0 fully saturated rings. The van der Waals surface area contributed by atoms with E-state index < -0.39 is 6.04 Å². The van der Waals surface area contributed by atoms with Crippen LogP contribution in [0.2, 0.25) is 0 Å². The molecule has 0 heterocycles. The van der Waals surface area contributed by atoms with Gasteiger partial charge in [-0.25, -0.2) is 4.79 Å². The molecular weight excluding hydrogens is 234 g/mol. The summed E-state index contributed by atoms with van der Waals surface area (Å²) in [5.41, 5.74) is 1.74. The number of likely N-dealkylation sites (N-methyl/N-ethyl adjacent to an activating group) is 1. The highest BCUT2D eigenvalue weighted by atomic mass is 16.5. The second-order valence-corrected chi connectivity index (χ2v) is 3.81. The Morgan fingerprint density at radius 3 is 2.17 bits per heavy atom. The molecule has 0 saturated heterocycles. The van der Waals surface area contributed by atoms with Crippen LogP contribution in [0.25, 0.3) is 0 Å². The van der Waals surface area contributed by atoms with Crippen LogP contribution in [-0.4, -0.2) is 34.3 Å². The van der Waals surface area contributed by atoms with Gasteiger partial charge in [-0.15, -0.1) is 0 Å². The van der Waals surface area contributed by atoms with Gasteiger partial charge < -0.3 is 19.5 Å². The van der Waals surface area contributed by atoms with Crippen molar-refractivity contribution in [2.45, 2.75) is 13.0 Å². The minimum absolute atomic E-state index is 0.340. The molecule has 0 radical (unpaired) electrons. The second kappa shape index (κ2) is 6.26. The molecule has 1 N–H and O–H groups in total. The van der Waals surface area contributed by atoms with Gasteiger partial charge in [0.25, 0.3) is 0 Å². The number of nitrogens with one attached hydrogen (secondary N) is 1. The van der Waals surface area contributed by atoms with Gasteiger partial charge in [-0.1, -0.05) is 0 Å². The Bertz CT molecular complexity index is 431. The molecule has 1 aromatic rings. The van der Waals surface area contributed by atoms with Crippen molar-refractivity contribution in [3.63, 3.8) is 0 Å². The molecule has 0 aliphatic heterocycles. The van der Waals surface area contributed by atoms with Gasteiger partial charge in [-0.2, -0.15) is 0 Å². The number of carbonyl (C=O) groups excluding carboxylic acids is 1. The predicted octanol–water partition coefficient (Wildman–Crippen LogP) is 1.45. The first-order chi connectivity index (χ1) is 8.58. The highest BCUT2D eigenvalue weighted by Crippen LogP contribution is 2.33. The third-order valence-electron chi connectivity index (χ3n) is 2.81. The minimum Gasteiger partial charge on any atom is -0.493 e. The van der Waals surface area contributed by atoms with Crippen molar-refractivity contribution < 1.29 is 19.0 Å². The van der Waals surface area contributed by atoms with Gasteiger partial charge >= 0.3 is 5.97 Å². The first-order valence-electron chi connectivity index (χ1n) is 5.56. The lowest BCUT2D eigenvalue weighted by atomic mass is 10.0. The molecule has 0 bridgehead atoms. The lowest BCUT2D eigenvalue weighted by molar-refractivity contribution is -0.143. The molecule has 18 heavy (non-hydrogen) atoms. The number of hydrogen-bond donors (Lipinski definition) is 1. The van der Waals surface area contributed by atoms with Crippen LogP contribution in [0.1, 0.15) is 17.2 Å². The Hall–Kier alpha value is -1.75. The van der Waals surface area contributed by atoms with Crippen molar-refractivity contribution in [3.05, 3.63) is 23.3 Å². The average molecular weight is 253 g/mol. The predicted molar refractivity (Wildman–Crippen MR) is 68.1 cm³/mol. The van der Waals surface area contributed by atoms with Crippen LogP contribution >= 0.6 is 0 Å². The molecule has 1 rings (SSSR count). The lowest BCUT2D eigenvalue weighted by Gasteiger charge is -2.18. The van der Waals surface area contributed by atoms with E-state index in [2.05, 4.69) is 5.32 Å². The molecule has 0 spiro atoms. The van der Waals surface area contributed by atoms with Crippen molar-refractivity contribution in [2.24, 2.45) is 0 Å². The summed E-state index contributed by atoms with van der Waals surface area (Å²) in [5, 5.41) is 2.93. The van der Waals surface area contributed by atoms with E-state index in [1.54, 1.807) is 27.3 Å². The molecule has 0 amide bonds. The van der Waals surface area contributed by atoms with E-state index in [0.29, 0.717) is 11.5 Å². The zero-order valence-corrected chi connectivity index (χ0v) is 11.4. The highest BCUT2D eigenvalue weighted by Gasteiger charge is 2.23. The number of ether oxygens (including phenoxy) is 3. The van der Waals surface area contributed by atoms with Crippen LogP contribution in [0.4, 0.5) is 0 Å². The van der Waals surface area contributed by atoms with Gasteiger partial charge in [-0.05, 0) is 37.2 Å². The zero-order valence-electron chi connectivity index (χ0n) is 11.4. The van der Waals surface area contributed by atoms with Gasteiger partial charge in [-0.3, -0.25) is 0 Å². The maximum Gasteiger partial charge on any atom is 0.327 e. The molecular formula is C13H19NO4. The normalized spacial score (nSPS) is 11.8. The van der Waals surface area contributed by atoms with E-state index in [4.69, 9.17) is 14.2 Å².